The summed E-state index contributed by atoms with van der Waals surface area (Å²) in [4.78, 5) is 1.12. The number of hydrogen-bond donors (Lipinski definition) is 1. The number of hydrogen-bond acceptors (Lipinski definition) is 4. The second-order valence-corrected chi connectivity index (χ2v) is 5.69. The Bertz CT molecular complexity index is 417. The zero-order valence-corrected chi connectivity index (χ0v) is 12.8. The summed E-state index contributed by atoms with van der Waals surface area (Å²) < 4.78 is 11.1. The van der Waals surface area contributed by atoms with Gasteiger partial charge in [-0.3, -0.25) is 0 Å². The van der Waals surface area contributed by atoms with E-state index in [1.807, 2.05) is 0 Å². The molecule has 1 unspecified atom stereocenters. The van der Waals surface area contributed by atoms with Gasteiger partial charge in [-0.2, -0.15) is 0 Å². The second kappa shape index (κ2) is 7.06. The van der Waals surface area contributed by atoms with Gasteiger partial charge in [0.1, 0.15) is 0 Å². The van der Waals surface area contributed by atoms with Gasteiger partial charge in [0.25, 0.3) is 0 Å². The number of methoxy groups -OCH3 is 2. The van der Waals surface area contributed by atoms with Crippen LogP contribution in [0.4, 0.5) is 0 Å². The lowest BCUT2D eigenvalue weighted by atomic mass is 9.97. The molecule has 1 fully saturated rings. The number of nitrogens with one attached hydrogen (secondary N) is 1. The fourth-order valence-electron chi connectivity index (χ4n) is 2.69. The third kappa shape index (κ3) is 3.37. The Labute approximate surface area is 120 Å². The van der Waals surface area contributed by atoms with Crippen LogP contribution in [-0.2, 0) is 6.42 Å². The summed E-state index contributed by atoms with van der Waals surface area (Å²) in [7, 11) is 3.43. The van der Waals surface area contributed by atoms with Gasteiger partial charge in [-0.15, -0.1) is 11.8 Å². The molecular formula is C15H23NO2S. The molecule has 1 N–H and O–H groups in total. The molecule has 0 spiro atoms. The lowest BCUT2D eigenvalue weighted by Crippen LogP contribution is -2.35. The standard InChI is InChI=1S/C15H23NO2S/c1-17-14-11(10-12-6-4-5-9-16-12)7-8-13(19-3)15(14)18-2/h7-8,12,16H,4-6,9-10H2,1-3H3. The van der Waals surface area contributed by atoms with E-state index < -0.39 is 0 Å². The first-order chi connectivity index (χ1) is 9.30. The molecule has 2 rings (SSSR count). The van der Waals surface area contributed by atoms with Gasteiger partial charge in [0.2, 0.25) is 0 Å². The number of thioether (sulfide) groups is 1. The van der Waals surface area contributed by atoms with Crippen molar-refractivity contribution in [1.29, 1.82) is 0 Å². The van der Waals surface area contributed by atoms with Crippen molar-refractivity contribution in [3.05, 3.63) is 17.7 Å². The van der Waals surface area contributed by atoms with Crippen LogP contribution in [0.3, 0.4) is 0 Å². The van der Waals surface area contributed by atoms with Crippen molar-refractivity contribution in [3.63, 3.8) is 0 Å². The summed E-state index contributed by atoms with van der Waals surface area (Å²) in [5.41, 5.74) is 1.23. The maximum atomic E-state index is 5.59. The smallest absolute Gasteiger partial charge is 0.174 e. The van der Waals surface area contributed by atoms with Crippen molar-refractivity contribution < 1.29 is 9.47 Å². The highest BCUT2D eigenvalue weighted by atomic mass is 32.2. The SMILES string of the molecule is COc1c(CC2CCCCN2)ccc(SC)c1OC. The fourth-order valence-corrected chi connectivity index (χ4v) is 3.25. The Morgan fingerprint density at radius 3 is 2.58 bits per heavy atom. The predicted octanol–water partition coefficient (Wildman–Crippen LogP) is 3.11. The van der Waals surface area contributed by atoms with E-state index in [1.54, 1.807) is 26.0 Å². The highest BCUT2D eigenvalue weighted by Crippen LogP contribution is 2.39. The summed E-state index contributed by atoms with van der Waals surface area (Å²) in [6, 6.07) is 4.86. The van der Waals surface area contributed by atoms with E-state index in [2.05, 4.69) is 23.7 Å². The largest absolute Gasteiger partial charge is 0.493 e. The average Bonchev–Trinajstić information content (AvgIpc) is 2.47. The average molecular weight is 281 g/mol. The molecule has 0 bridgehead atoms. The first-order valence-corrected chi connectivity index (χ1v) is 8.03. The minimum atomic E-state index is 0.562. The Kier molecular flexibility index (Phi) is 5.40. The Hall–Kier alpha value is -0.870. The third-order valence-electron chi connectivity index (χ3n) is 3.66. The van der Waals surface area contributed by atoms with Gasteiger partial charge in [-0.05, 0) is 43.7 Å². The summed E-state index contributed by atoms with van der Waals surface area (Å²) >= 11 is 1.68. The quantitative estimate of drug-likeness (QED) is 0.840. The van der Waals surface area contributed by atoms with Crippen LogP contribution < -0.4 is 14.8 Å². The second-order valence-electron chi connectivity index (χ2n) is 4.84. The molecule has 0 radical (unpaired) electrons. The molecule has 1 saturated heterocycles. The van der Waals surface area contributed by atoms with Gasteiger partial charge in [0, 0.05) is 6.04 Å². The van der Waals surface area contributed by atoms with Crippen LogP contribution >= 0.6 is 11.8 Å². The third-order valence-corrected chi connectivity index (χ3v) is 4.43. The molecule has 0 aromatic heterocycles. The first kappa shape index (κ1) is 14.5. The Morgan fingerprint density at radius 1 is 1.21 bits per heavy atom. The number of benzene rings is 1. The van der Waals surface area contributed by atoms with Crippen LogP contribution in [0.25, 0.3) is 0 Å². The van der Waals surface area contributed by atoms with Crippen molar-refractivity contribution in [2.45, 2.75) is 36.6 Å². The number of ether oxygens (including phenoxy) is 2. The predicted molar refractivity (Wildman–Crippen MR) is 80.7 cm³/mol. The summed E-state index contributed by atoms with van der Waals surface area (Å²) in [6.45, 7) is 1.13. The number of rotatable bonds is 5. The van der Waals surface area contributed by atoms with Crippen LogP contribution in [-0.4, -0.2) is 33.1 Å². The van der Waals surface area contributed by atoms with Crippen molar-refractivity contribution in [2.24, 2.45) is 0 Å². The van der Waals surface area contributed by atoms with Crippen molar-refractivity contribution in [1.82, 2.24) is 5.32 Å². The van der Waals surface area contributed by atoms with E-state index in [-0.39, 0.29) is 0 Å². The van der Waals surface area contributed by atoms with Crippen LogP contribution in [0.2, 0.25) is 0 Å². The van der Waals surface area contributed by atoms with Gasteiger partial charge in [-0.1, -0.05) is 12.5 Å². The lowest BCUT2D eigenvalue weighted by Gasteiger charge is -2.25. The first-order valence-electron chi connectivity index (χ1n) is 6.81. The van der Waals surface area contributed by atoms with E-state index in [9.17, 15) is 0 Å². The van der Waals surface area contributed by atoms with E-state index >= 15 is 0 Å². The molecule has 0 saturated carbocycles. The molecule has 3 nitrogen and oxygen atoms in total. The van der Waals surface area contributed by atoms with Gasteiger partial charge in [0.05, 0.1) is 19.1 Å². The Morgan fingerprint density at radius 2 is 2.00 bits per heavy atom. The van der Waals surface area contributed by atoms with Crippen LogP contribution in [0.1, 0.15) is 24.8 Å². The topological polar surface area (TPSA) is 30.5 Å². The highest BCUT2D eigenvalue weighted by Gasteiger charge is 2.19. The van der Waals surface area contributed by atoms with Gasteiger partial charge < -0.3 is 14.8 Å². The van der Waals surface area contributed by atoms with Crippen molar-refractivity contribution in [2.75, 3.05) is 27.0 Å². The molecule has 19 heavy (non-hydrogen) atoms. The molecule has 106 valence electrons. The van der Waals surface area contributed by atoms with Crippen LogP contribution in [0, 0.1) is 0 Å². The monoisotopic (exact) mass is 281 g/mol. The molecule has 1 aliphatic heterocycles. The van der Waals surface area contributed by atoms with E-state index in [1.165, 1.54) is 24.8 Å². The summed E-state index contributed by atoms with van der Waals surface area (Å²) in [5, 5.41) is 3.58. The maximum Gasteiger partial charge on any atom is 0.174 e. The van der Waals surface area contributed by atoms with E-state index in [0.717, 1.165) is 29.4 Å². The van der Waals surface area contributed by atoms with E-state index in [4.69, 9.17) is 9.47 Å². The molecule has 4 heteroatoms. The van der Waals surface area contributed by atoms with Gasteiger partial charge >= 0.3 is 0 Å². The molecule has 0 aliphatic carbocycles. The molecule has 1 aliphatic rings. The van der Waals surface area contributed by atoms with Crippen molar-refractivity contribution in [3.8, 4) is 11.5 Å². The molecular weight excluding hydrogens is 258 g/mol. The van der Waals surface area contributed by atoms with Crippen molar-refractivity contribution >= 4 is 11.8 Å². The molecule has 1 atom stereocenters. The molecule has 1 aromatic carbocycles. The van der Waals surface area contributed by atoms with Crippen LogP contribution in [0.15, 0.2) is 17.0 Å². The van der Waals surface area contributed by atoms with Gasteiger partial charge in [0.15, 0.2) is 11.5 Å². The highest BCUT2D eigenvalue weighted by molar-refractivity contribution is 7.98. The van der Waals surface area contributed by atoms with Crippen LogP contribution in [0.5, 0.6) is 11.5 Å². The summed E-state index contributed by atoms with van der Waals surface area (Å²) in [5.74, 6) is 1.75. The van der Waals surface area contributed by atoms with Gasteiger partial charge in [-0.25, -0.2) is 0 Å². The lowest BCUT2D eigenvalue weighted by molar-refractivity contribution is 0.339. The molecule has 1 aromatic rings. The normalized spacial score (nSPS) is 19.2. The minimum absolute atomic E-state index is 0.562. The number of piperidine rings is 1. The summed E-state index contributed by atoms with van der Waals surface area (Å²) in [6.07, 6.45) is 6.92. The maximum absolute atomic E-state index is 5.59. The fraction of sp³-hybridized carbons (Fsp3) is 0.600. The molecule has 1 heterocycles. The zero-order chi connectivity index (χ0) is 13.7. The zero-order valence-electron chi connectivity index (χ0n) is 12.0. The Balaban J connectivity index is 2.23. The molecule has 0 amide bonds. The van der Waals surface area contributed by atoms with E-state index in [0.29, 0.717) is 6.04 Å². The minimum Gasteiger partial charge on any atom is -0.493 e.